The molecule has 0 saturated heterocycles. The van der Waals surface area contributed by atoms with Gasteiger partial charge in [0, 0.05) is 39.3 Å². The van der Waals surface area contributed by atoms with Crippen molar-refractivity contribution in [3.63, 3.8) is 0 Å². The van der Waals surface area contributed by atoms with Gasteiger partial charge in [-0.3, -0.25) is 9.59 Å². The highest BCUT2D eigenvalue weighted by Gasteiger charge is 2.35. The lowest BCUT2D eigenvalue weighted by molar-refractivity contribution is 0.0988. The maximum Gasteiger partial charge on any atom is 0.198 e. The van der Waals surface area contributed by atoms with Crippen molar-refractivity contribution < 1.29 is 14.3 Å². The molecular formula is C38H25NO3. The number of hydrogen-bond donors (Lipinski definition) is 0. The maximum absolute atomic E-state index is 13.4. The van der Waals surface area contributed by atoms with Crippen molar-refractivity contribution in [1.82, 2.24) is 0 Å². The number of ketones is 2. The van der Waals surface area contributed by atoms with Crippen molar-refractivity contribution in [2.24, 2.45) is 0 Å². The van der Waals surface area contributed by atoms with Gasteiger partial charge in [-0.2, -0.15) is 0 Å². The predicted octanol–water partition coefficient (Wildman–Crippen LogP) is 8.94. The third-order valence-corrected chi connectivity index (χ3v) is 7.45. The van der Waals surface area contributed by atoms with Crippen LogP contribution in [0.2, 0.25) is 0 Å². The number of ether oxygens (including phenoxy) is 1. The molecular weight excluding hydrogens is 518 g/mol. The molecule has 0 bridgehead atoms. The van der Waals surface area contributed by atoms with Gasteiger partial charge in [-0.15, -0.1) is 0 Å². The van der Waals surface area contributed by atoms with E-state index in [0.717, 1.165) is 28.2 Å². The van der Waals surface area contributed by atoms with E-state index in [2.05, 4.69) is 41.3 Å². The lowest BCUT2D eigenvalue weighted by Crippen LogP contribution is -2.10. The van der Waals surface area contributed by atoms with Crippen LogP contribution in [0.25, 0.3) is 11.5 Å². The van der Waals surface area contributed by atoms with Crippen molar-refractivity contribution in [2.75, 3.05) is 4.90 Å². The molecule has 0 radical (unpaired) electrons. The summed E-state index contributed by atoms with van der Waals surface area (Å²) < 4.78 is 6.42. The molecule has 4 nitrogen and oxygen atoms in total. The number of carbonyl (C=O) groups excluding carboxylic acids is 2. The van der Waals surface area contributed by atoms with Crippen LogP contribution in [0.4, 0.5) is 17.1 Å². The molecule has 5 aromatic carbocycles. The first kappa shape index (κ1) is 25.2. The molecule has 2 aliphatic rings. The van der Waals surface area contributed by atoms with Crippen molar-refractivity contribution in [3.05, 3.63) is 185 Å². The minimum atomic E-state index is -0.261. The van der Waals surface area contributed by atoms with Gasteiger partial charge >= 0.3 is 0 Å². The number of Topliss-reactive ketones (excluding diaryl/α,β-unsaturated/α-hetero) is 2. The number of fused-ring (bicyclic) bond motifs is 1. The van der Waals surface area contributed by atoms with Gasteiger partial charge in [0.15, 0.2) is 11.6 Å². The molecule has 0 unspecified atom stereocenters. The third kappa shape index (κ3) is 4.55. The second-order valence-corrected chi connectivity index (χ2v) is 10.1. The Morgan fingerprint density at radius 1 is 0.429 bits per heavy atom. The topological polar surface area (TPSA) is 46.6 Å². The summed E-state index contributed by atoms with van der Waals surface area (Å²) in [6, 6.07) is 45.2. The zero-order chi connectivity index (χ0) is 28.5. The molecule has 1 aliphatic carbocycles. The van der Waals surface area contributed by atoms with E-state index in [1.807, 2.05) is 78.9 Å². The van der Waals surface area contributed by atoms with Gasteiger partial charge < -0.3 is 9.64 Å². The number of hydrogen-bond acceptors (Lipinski definition) is 4. The lowest BCUT2D eigenvalue weighted by Gasteiger charge is -2.26. The molecule has 0 saturated carbocycles. The van der Waals surface area contributed by atoms with Gasteiger partial charge in [0.25, 0.3) is 0 Å². The molecule has 0 spiro atoms. The Labute approximate surface area is 244 Å². The molecule has 1 heterocycles. The first-order valence-corrected chi connectivity index (χ1v) is 13.8. The number of rotatable bonds is 5. The fourth-order valence-corrected chi connectivity index (χ4v) is 5.42. The summed E-state index contributed by atoms with van der Waals surface area (Å²) in [5.74, 6) is 0.617. The quantitative estimate of drug-likeness (QED) is 0.164. The van der Waals surface area contributed by atoms with E-state index in [9.17, 15) is 9.59 Å². The van der Waals surface area contributed by atoms with Crippen LogP contribution in [-0.4, -0.2) is 11.6 Å². The predicted molar refractivity (Wildman–Crippen MR) is 167 cm³/mol. The summed E-state index contributed by atoms with van der Waals surface area (Å²) >= 11 is 0. The highest BCUT2D eigenvalue weighted by molar-refractivity contribution is 6.40. The first-order chi connectivity index (χ1) is 20.7. The average Bonchev–Trinajstić information content (AvgIpc) is 3.32. The highest BCUT2D eigenvalue weighted by Crippen LogP contribution is 2.39. The molecule has 5 aromatic rings. The minimum absolute atomic E-state index is 0.168. The van der Waals surface area contributed by atoms with Gasteiger partial charge in [0.2, 0.25) is 0 Å². The van der Waals surface area contributed by atoms with E-state index in [4.69, 9.17) is 4.74 Å². The molecule has 42 heavy (non-hydrogen) atoms. The number of nitrogens with zero attached hydrogens (tertiary/aromatic N) is 1. The lowest BCUT2D eigenvalue weighted by atomic mass is 9.97. The normalized spacial score (nSPS) is 14.2. The van der Waals surface area contributed by atoms with Crippen molar-refractivity contribution >= 4 is 40.1 Å². The van der Waals surface area contributed by atoms with E-state index < -0.39 is 0 Å². The monoisotopic (exact) mass is 543 g/mol. The van der Waals surface area contributed by atoms with Crippen molar-refractivity contribution in [3.8, 4) is 0 Å². The summed E-state index contributed by atoms with van der Waals surface area (Å²) in [7, 11) is 0. The van der Waals surface area contributed by atoms with Gasteiger partial charge in [-0.25, -0.2) is 0 Å². The SMILES string of the molecule is O=C1C(=C2C=C(c3ccccc3)OC(c3ccc(N(c4ccccc4)c4ccccc4)cc3)=C2)C(=O)c2ccccc21. The van der Waals surface area contributed by atoms with Crippen LogP contribution in [0.15, 0.2) is 163 Å². The molecule has 7 rings (SSSR count). The van der Waals surface area contributed by atoms with E-state index in [-0.39, 0.29) is 17.1 Å². The fourth-order valence-electron chi connectivity index (χ4n) is 5.42. The van der Waals surface area contributed by atoms with Crippen LogP contribution in [0.1, 0.15) is 31.8 Å². The summed E-state index contributed by atoms with van der Waals surface area (Å²) in [6.07, 6.45) is 3.58. The molecule has 0 fully saturated rings. The fraction of sp³-hybridized carbons (Fsp3) is 0. The van der Waals surface area contributed by atoms with Gasteiger partial charge in [0.1, 0.15) is 11.5 Å². The van der Waals surface area contributed by atoms with E-state index in [1.54, 1.807) is 36.4 Å². The Morgan fingerprint density at radius 3 is 1.33 bits per heavy atom. The van der Waals surface area contributed by atoms with Gasteiger partial charge in [0.05, 0.1) is 5.57 Å². The minimum Gasteiger partial charge on any atom is -0.456 e. The van der Waals surface area contributed by atoms with Crippen molar-refractivity contribution in [1.29, 1.82) is 0 Å². The Balaban J connectivity index is 1.31. The Morgan fingerprint density at radius 2 is 0.833 bits per heavy atom. The summed E-state index contributed by atoms with van der Waals surface area (Å²) in [4.78, 5) is 29.0. The number of benzene rings is 5. The molecule has 0 atom stereocenters. The Bertz CT molecular complexity index is 1830. The Kier molecular flexibility index (Phi) is 6.42. The number of para-hydroxylation sites is 2. The van der Waals surface area contributed by atoms with Crippen LogP contribution in [0.5, 0.6) is 0 Å². The number of anilines is 3. The van der Waals surface area contributed by atoms with E-state index in [1.165, 1.54) is 0 Å². The summed E-state index contributed by atoms with van der Waals surface area (Å²) in [5.41, 5.74) is 6.35. The standard InChI is InChI=1S/C38H25NO3/c40-37-32-18-10-11-19-33(32)38(41)36(37)28-24-34(26-12-4-1-5-13-26)42-35(25-28)27-20-22-31(23-21-27)39(29-14-6-2-7-15-29)30-16-8-3-9-17-30/h1-25H. The van der Waals surface area contributed by atoms with E-state index >= 15 is 0 Å². The molecule has 0 aromatic heterocycles. The zero-order valence-electron chi connectivity index (χ0n) is 22.6. The largest absolute Gasteiger partial charge is 0.456 e. The van der Waals surface area contributed by atoms with E-state index in [0.29, 0.717) is 28.2 Å². The van der Waals surface area contributed by atoms with Crippen LogP contribution in [-0.2, 0) is 4.74 Å². The van der Waals surface area contributed by atoms with Crippen LogP contribution in [0.3, 0.4) is 0 Å². The number of carbonyl (C=O) groups is 2. The highest BCUT2D eigenvalue weighted by atomic mass is 16.5. The maximum atomic E-state index is 13.4. The zero-order valence-corrected chi connectivity index (χ0v) is 22.6. The first-order valence-electron chi connectivity index (χ1n) is 13.8. The van der Waals surface area contributed by atoms with Crippen LogP contribution < -0.4 is 4.90 Å². The van der Waals surface area contributed by atoms with Crippen LogP contribution >= 0.6 is 0 Å². The average molecular weight is 544 g/mol. The van der Waals surface area contributed by atoms with Crippen molar-refractivity contribution in [2.45, 2.75) is 0 Å². The molecule has 0 N–H and O–H groups in total. The Hall–Kier alpha value is -5.74. The summed E-state index contributed by atoms with van der Waals surface area (Å²) in [6.45, 7) is 0. The summed E-state index contributed by atoms with van der Waals surface area (Å²) in [5, 5.41) is 0. The number of allylic oxidation sites excluding steroid dienone is 4. The second-order valence-electron chi connectivity index (χ2n) is 10.1. The smallest absolute Gasteiger partial charge is 0.198 e. The van der Waals surface area contributed by atoms with Gasteiger partial charge in [-0.05, 0) is 66.3 Å². The van der Waals surface area contributed by atoms with Gasteiger partial charge in [-0.1, -0.05) is 91.0 Å². The van der Waals surface area contributed by atoms with Crippen LogP contribution in [0, 0.1) is 0 Å². The molecule has 0 amide bonds. The second kappa shape index (κ2) is 10.7. The third-order valence-electron chi connectivity index (χ3n) is 7.45. The molecule has 4 heteroatoms. The molecule has 1 aliphatic heterocycles. The molecule has 200 valence electrons.